The van der Waals surface area contributed by atoms with Crippen LogP contribution < -0.4 is 4.72 Å². The lowest BCUT2D eigenvalue weighted by molar-refractivity contribution is -0.0276. The van der Waals surface area contributed by atoms with Crippen LogP contribution in [0.4, 0.5) is 4.39 Å². The molecule has 1 unspecified atom stereocenters. The normalized spacial score (nSPS) is 18.8. The first-order chi connectivity index (χ1) is 12.4. The molecule has 0 aromatic heterocycles. The van der Waals surface area contributed by atoms with Gasteiger partial charge in [-0.15, -0.1) is 0 Å². The third-order valence-corrected chi connectivity index (χ3v) is 6.06. The van der Waals surface area contributed by atoms with E-state index in [4.69, 9.17) is 16.3 Å². The van der Waals surface area contributed by atoms with E-state index in [1.807, 2.05) is 18.2 Å². The van der Waals surface area contributed by atoms with Gasteiger partial charge in [0.15, 0.2) is 0 Å². The summed E-state index contributed by atoms with van der Waals surface area (Å²) in [5, 5.41) is -0.146. The maximum absolute atomic E-state index is 13.1. The molecule has 1 saturated heterocycles. The molecule has 1 fully saturated rings. The molecule has 0 radical (unpaired) electrons. The zero-order valence-corrected chi connectivity index (χ0v) is 15.6. The van der Waals surface area contributed by atoms with E-state index in [9.17, 15) is 12.8 Å². The predicted octanol–water partition coefficient (Wildman–Crippen LogP) is 2.66. The molecule has 0 aliphatic carbocycles. The minimum atomic E-state index is -3.83. The first-order valence-corrected chi connectivity index (χ1v) is 10.1. The second kappa shape index (κ2) is 8.45. The molecule has 1 aliphatic heterocycles. The quantitative estimate of drug-likeness (QED) is 0.812. The fourth-order valence-electron chi connectivity index (χ4n) is 2.86. The van der Waals surface area contributed by atoms with Gasteiger partial charge in [-0.05, 0) is 23.8 Å². The van der Waals surface area contributed by atoms with Gasteiger partial charge in [-0.2, -0.15) is 0 Å². The van der Waals surface area contributed by atoms with Crippen molar-refractivity contribution in [3.8, 4) is 0 Å². The van der Waals surface area contributed by atoms with Crippen LogP contribution in [0.2, 0.25) is 5.02 Å². The van der Waals surface area contributed by atoms with Crippen LogP contribution in [0.5, 0.6) is 0 Å². The summed E-state index contributed by atoms with van der Waals surface area (Å²) in [5.41, 5.74) is 1.20. The van der Waals surface area contributed by atoms with Crippen molar-refractivity contribution in [2.45, 2.75) is 17.5 Å². The smallest absolute Gasteiger partial charge is 0.242 e. The van der Waals surface area contributed by atoms with Crippen LogP contribution >= 0.6 is 11.6 Å². The van der Waals surface area contributed by atoms with Crippen LogP contribution in [0.25, 0.3) is 0 Å². The fraction of sp³-hybridized carbons (Fsp3) is 0.333. The molecule has 0 bridgehead atoms. The van der Waals surface area contributed by atoms with E-state index in [0.717, 1.165) is 31.3 Å². The number of nitrogens with zero attached hydrogens (tertiary/aromatic N) is 1. The van der Waals surface area contributed by atoms with Gasteiger partial charge in [-0.3, -0.25) is 4.90 Å². The number of halogens is 2. The van der Waals surface area contributed by atoms with Gasteiger partial charge in [0.05, 0.1) is 17.7 Å². The first kappa shape index (κ1) is 19.3. The van der Waals surface area contributed by atoms with Crippen molar-refractivity contribution in [2.75, 3.05) is 26.2 Å². The summed E-state index contributed by atoms with van der Waals surface area (Å²) in [6, 6.07) is 13.3. The third-order valence-electron chi connectivity index (χ3n) is 4.16. The van der Waals surface area contributed by atoms with Crippen molar-refractivity contribution in [3.05, 3.63) is 64.9 Å². The number of benzene rings is 2. The summed E-state index contributed by atoms with van der Waals surface area (Å²) in [6.45, 7) is 2.87. The summed E-state index contributed by atoms with van der Waals surface area (Å²) < 4.78 is 46.1. The van der Waals surface area contributed by atoms with E-state index >= 15 is 0 Å². The number of hydrogen-bond acceptors (Lipinski definition) is 4. The molecule has 5 nitrogen and oxygen atoms in total. The summed E-state index contributed by atoms with van der Waals surface area (Å²) in [4.78, 5) is 2.08. The van der Waals surface area contributed by atoms with Gasteiger partial charge in [0.25, 0.3) is 0 Å². The van der Waals surface area contributed by atoms with Crippen LogP contribution in [-0.4, -0.2) is 45.7 Å². The highest BCUT2D eigenvalue weighted by molar-refractivity contribution is 7.89. The number of rotatable bonds is 6. The van der Waals surface area contributed by atoms with Gasteiger partial charge in [-0.25, -0.2) is 17.5 Å². The van der Waals surface area contributed by atoms with E-state index in [0.29, 0.717) is 13.2 Å². The zero-order valence-electron chi connectivity index (χ0n) is 14.1. The molecule has 26 heavy (non-hydrogen) atoms. The fourth-order valence-corrected chi connectivity index (χ4v) is 4.46. The molecule has 3 rings (SSSR count). The van der Waals surface area contributed by atoms with Crippen molar-refractivity contribution < 1.29 is 17.5 Å². The Kier molecular flexibility index (Phi) is 6.26. The largest absolute Gasteiger partial charge is 0.374 e. The molecule has 1 N–H and O–H groups in total. The minimum absolute atomic E-state index is 0.126. The number of ether oxygens (including phenoxy) is 1. The molecule has 140 valence electrons. The summed E-state index contributed by atoms with van der Waals surface area (Å²) in [6.07, 6.45) is -0.263. The molecular formula is C18H20ClFN2O3S. The second-order valence-corrected chi connectivity index (χ2v) is 8.28. The van der Waals surface area contributed by atoms with Gasteiger partial charge < -0.3 is 4.74 Å². The molecular weight excluding hydrogens is 379 g/mol. The molecule has 1 aliphatic rings. The Bertz CT molecular complexity index is 849. The summed E-state index contributed by atoms with van der Waals surface area (Å²) >= 11 is 5.85. The molecule has 2 aromatic rings. The second-order valence-electron chi connectivity index (χ2n) is 6.14. The highest BCUT2D eigenvalue weighted by Gasteiger charge is 2.24. The summed E-state index contributed by atoms with van der Waals surface area (Å²) in [5.74, 6) is -0.582. The number of nitrogens with one attached hydrogen (secondary N) is 1. The van der Waals surface area contributed by atoms with Crippen molar-refractivity contribution in [1.82, 2.24) is 9.62 Å². The molecule has 8 heteroatoms. The first-order valence-electron chi connectivity index (χ1n) is 8.26. The van der Waals surface area contributed by atoms with E-state index in [2.05, 4.69) is 21.8 Å². The minimum Gasteiger partial charge on any atom is -0.374 e. The Labute approximate surface area is 157 Å². The molecule has 1 atom stereocenters. The monoisotopic (exact) mass is 398 g/mol. The van der Waals surface area contributed by atoms with Gasteiger partial charge in [0.2, 0.25) is 10.0 Å². The number of morpholine rings is 1. The lowest BCUT2D eigenvalue weighted by Crippen LogP contribution is -2.47. The SMILES string of the molecule is O=S(=O)(NCC1CN(Cc2ccccc2)CCO1)c1ccc(F)cc1Cl. The lowest BCUT2D eigenvalue weighted by Gasteiger charge is -2.33. The van der Waals surface area contributed by atoms with Crippen LogP contribution in [0, 0.1) is 5.82 Å². The Morgan fingerprint density at radius 1 is 1.23 bits per heavy atom. The van der Waals surface area contributed by atoms with Crippen molar-refractivity contribution in [3.63, 3.8) is 0 Å². The van der Waals surface area contributed by atoms with E-state index in [1.165, 1.54) is 5.56 Å². The topological polar surface area (TPSA) is 58.6 Å². The average molecular weight is 399 g/mol. The lowest BCUT2D eigenvalue weighted by atomic mass is 10.2. The van der Waals surface area contributed by atoms with Crippen molar-refractivity contribution >= 4 is 21.6 Å². The Morgan fingerprint density at radius 3 is 2.73 bits per heavy atom. The van der Waals surface area contributed by atoms with Crippen LogP contribution in [0.1, 0.15) is 5.56 Å². The van der Waals surface area contributed by atoms with Crippen molar-refractivity contribution in [2.24, 2.45) is 0 Å². The molecule has 2 aromatic carbocycles. The Morgan fingerprint density at radius 2 is 2.00 bits per heavy atom. The van der Waals surface area contributed by atoms with Gasteiger partial charge in [-0.1, -0.05) is 41.9 Å². The van der Waals surface area contributed by atoms with E-state index in [-0.39, 0.29) is 22.6 Å². The third kappa shape index (κ3) is 5.02. The standard InChI is InChI=1S/C18H20ClFN2O3S/c19-17-10-15(20)6-7-18(17)26(23,24)21-11-16-13-22(8-9-25-16)12-14-4-2-1-3-5-14/h1-7,10,16,21H,8-9,11-13H2. The van der Waals surface area contributed by atoms with Gasteiger partial charge >= 0.3 is 0 Å². The Hall–Kier alpha value is -1.51. The molecule has 0 amide bonds. The predicted molar refractivity (Wildman–Crippen MR) is 98.1 cm³/mol. The highest BCUT2D eigenvalue weighted by Crippen LogP contribution is 2.22. The van der Waals surface area contributed by atoms with Crippen LogP contribution in [-0.2, 0) is 21.3 Å². The van der Waals surface area contributed by atoms with Crippen molar-refractivity contribution in [1.29, 1.82) is 0 Å². The molecule has 0 spiro atoms. The van der Waals surface area contributed by atoms with Gasteiger partial charge in [0.1, 0.15) is 10.7 Å². The average Bonchev–Trinajstić information content (AvgIpc) is 2.61. The molecule has 1 heterocycles. The number of hydrogen-bond donors (Lipinski definition) is 1. The maximum Gasteiger partial charge on any atom is 0.242 e. The van der Waals surface area contributed by atoms with Crippen LogP contribution in [0.15, 0.2) is 53.4 Å². The van der Waals surface area contributed by atoms with E-state index < -0.39 is 15.8 Å². The van der Waals surface area contributed by atoms with Crippen LogP contribution in [0.3, 0.4) is 0 Å². The number of sulfonamides is 1. The summed E-state index contributed by atoms with van der Waals surface area (Å²) in [7, 11) is -3.83. The zero-order chi connectivity index (χ0) is 18.6. The highest BCUT2D eigenvalue weighted by atomic mass is 35.5. The maximum atomic E-state index is 13.1. The van der Waals surface area contributed by atoms with Gasteiger partial charge in [0, 0.05) is 26.2 Å². The van der Waals surface area contributed by atoms with E-state index in [1.54, 1.807) is 0 Å². The molecule has 0 saturated carbocycles. The Balaban J connectivity index is 1.58.